The highest BCUT2D eigenvalue weighted by molar-refractivity contribution is 7.99. The van der Waals surface area contributed by atoms with Gasteiger partial charge in [0.15, 0.2) is 5.16 Å². The van der Waals surface area contributed by atoms with E-state index in [0.717, 1.165) is 12.0 Å². The minimum atomic E-state index is -0.242. The molecule has 7 nitrogen and oxygen atoms in total. The SMILES string of the molecule is COCCCNC(=O)CSc1nc2ccccc2c(=O)n1-c1cc(C)c(Cl)cc1OC. The molecule has 0 aliphatic carbocycles. The van der Waals surface area contributed by atoms with Crippen molar-refractivity contribution in [3.05, 3.63) is 57.3 Å². The molecule has 1 aromatic heterocycles. The number of ether oxygens (including phenoxy) is 2. The van der Waals surface area contributed by atoms with Gasteiger partial charge in [0.1, 0.15) is 5.75 Å². The fraction of sp³-hybridized carbons (Fsp3) is 0.318. The van der Waals surface area contributed by atoms with Gasteiger partial charge in [-0.05, 0) is 37.1 Å². The highest BCUT2D eigenvalue weighted by Gasteiger charge is 2.18. The van der Waals surface area contributed by atoms with Crippen LogP contribution in [0.3, 0.4) is 0 Å². The summed E-state index contributed by atoms with van der Waals surface area (Å²) in [6.07, 6.45) is 0.729. The van der Waals surface area contributed by atoms with Crippen molar-refractivity contribution in [3.63, 3.8) is 0 Å². The van der Waals surface area contributed by atoms with Crippen molar-refractivity contribution in [2.75, 3.05) is 33.1 Å². The number of aromatic nitrogens is 2. The first-order chi connectivity index (χ1) is 15.0. The molecule has 0 aliphatic heterocycles. The van der Waals surface area contributed by atoms with Crippen molar-refractivity contribution >= 4 is 40.2 Å². The van der Waals surface area contributed by atoms with Crippen molar-refractivity contribution in [2.45, 2.75) is 18.5 Å². The number of aryl methyl sites for hydroxylation is 1. The van der Waals surface area contributed by atoms with E-state index in [9.17, 15) is 9.59 Å². The average molecular weight is 462 g/mol. The monoisotopic (exact) mass is 461 g/mol. The van der Waals surface area contributed by atoms with Crippen LogP contribution in [-0.2, 0) is 9.53 Å². The van der Waals surface area contributed by atoms with Gasteiger partial charge in [0, 0.05) is 31.4 Å². The second-order valence-corrected chi connectivity index (χ2v) is 8.16. The maximum atomic E-state index is 13.4. The van der Waals surface area contributed by atoms with Gasteiger partial charge in [-0.15, -0.1) is 0 Å². The van der Waals surface area contributed by atoms with Crippen LogP contribution in [0.25, 0.3) is 16.6 Å². The zero-order chi connectivity index (χ0) is 22.4. The van der Waals surface area contributed by atoms with Crippen LogP contribution in [0.4, 0.5) is 0 Å². The molecule has 0 saturated carbocycles. The summed E-state index contributed by atoms with van der Waals surface area (Å²) in [6.45, 7) is 2.95. The van der Waals surface area contributed by atoms with Crippen molar-refractivity contribution in [3.8, 4) is 11.4 Å². The summed E-state index contributed by atoms with van der Waals surface area (Å²) in [5.74, 6) is 0.419. The summed E-state index contributed by atoms with van der Waals surface area (Å²) in [4.78, 5) is 30.3. The highest BCUT2D eigenvalue weighted by Crippen LogP contribution is 2.31. The zero-order valence-corrected chi connectivity index (χ0v) is 19.2. The Balaban J connectivity index is 2.02. The molecule has 0 atom stereocenters. The lowest BCUT2D eigenvalue weighted by molar-refractivity contribution is -0.118. The molecule has 0 spiro atoms. The Kier molecular flexibility index (Phi) is 7.95. The lowest BCUT2D eigenvalue weighted by atomic mass is 10.2. The molecule has 9 heteroatoms. The molecule has 1 amide bonds. The van der Waals surface area contributed by atoms with Gasteiger partial charge in [0.05, 0.1) is 29.5 Å². The Morgan fingerprint density at radius 3 is 2.77 bits per heavy atom. The van der Waals surface area contributed by atoms with Crippen LogP contribution in [0.1, 0.15) is 12.0 Å². The number of nitrogens with zero attached hydrogens (tertiary/aromatic N) is 2. The van der Waals surface area contributed by atoms with Crippen LogP contribution >= 0.6 is 23.4 Å². The van der Waals surface area contributed by atoms with Crippen LogP contribution in [0, 0.1) is 6.92 Å². The lowest BCUT2D eigenvalue weighted by Crippen LogP contribution is -2.28. The number of benzene rings is 2. The molecule has 2 aromatic carbocycles. The molecule has 164 valence electrons. The molecule has 0 radical (unpaired) electrons. The van der Waals surface area contributed by atoms with Gasteiger partial charge in [-0.1, -0.05) is 35.5 Å². The molecular weight excluding hydrogens is 438 g/mol. The molecule has 0 unspecified atom stereocenters. The van der Waals surface area contributed by atoms with Gasteiger partial charge in [-0.25, -0.2) is 4.98 Å². The van der Waals surface area contributed by atoms with E-state index in [0.29, 0.717) is 45.7 Å². The third kappa shape index (κ3) is 5.39. The summed E-state index contributed by atoms with van der Waals surface area (Å²) >= 11 is 7.44. The predicted molar refractivity (Wildman–Crippen MR) is 124 cm³/mol. The molecular formula is C22H24ClN3O4S. The fourth-order valence-electron chi connectivity index (χ4n) is 3.03. The van der Waals surface area contributed by atoms with Gasteiger partial charge >= 0.3 is 0 Å². The van der Waals surface area contributed by atoms with Gasteiger partial charge in [0.25, 0.3) is 5.56 Å². The predicted octanol–water partition coefficient (Wildman–Crippen LogP) is 3.60. The van der Waals surface area contributed by atoms with Crippen LogP contribution < -0.4 is 15.6 Å². The number of hydrogen-bond acceptors (Lipinski definition) is 6. The number of hydrogen-bond donors (Lipinski definition) is 1. The molecule has 1 heterocycles. The molecule has 3 aromatic rings. The van der Waals surface area contributed by atoms with E-state index in [1.54, 1.807) is 37.4 Å². The summed E-state index contributed by atoms with van der Waals surface area (Å²) in [7, 11) is 3.14. The minimum absolute atomic E-state index is 0.118. The standard InChI is InChI=1S/C22H24ClN3O4S/c1-14-11-18(19(30-3)12-16(14)23)26-21(28)15-7-4-5-8-17(15)25-22(26)31-13-20(27)24-9-6-10-29-2/h4-5,7-8,11-12H,6,9-10,13H2,1-3H3,(H,24,27). The number of methoxy groups -OCH3 is 2. The third-order valence-corrected chi connectivity index (χ3v) is 5.97. The Morgan fingerprint density at radius 1 is 1.26 bits per heavy atom. The molecule has 0 saturated heterocycles. The van der Waals surface area contributed by atoms with Crippen molar-refractivity contribution in [1.29, 1.82) is 0 Å². The molecule has 1 N–H and O–H groups in total. The first kappa shape index (κ1) is 23.1. The summed E-state index contributed by atoms with van der Waals surface area (Å²) in [6, 6.07) is 10.6. The van der Waals surface area contributed by atoms with Crippen molar-refractivity contribution in [1.82, 2.24) is 14.9 Å². The number of carbonyl (C=O) groups is 1. The topological polar surface area (TPSA) is 82.5 Å². The quantitative estimate of drug-likeness (QED) is 0.298. The van der Waals surface area contributed by atoms with E-state index >= 15 is 0 Å². The normalized spacial score (nSPS) is 11.0. The van der Waals surface area contributed by atoms with Gasteiger partial charge in [-0.3, -0.25) is 14.2 Å². The third-order valence-electron chi connectivity index (χ3n) is 4.63. The van der Waals surface area contributed by atoms with E-state index in [2.05, 4.69) is 10.3 Å². The Bertz CT molecular complexity index is 1150. The number of fused-ring (bicyclic) bond motifs is 1. The number of thioether (sulfide) groups is 1. The van der Waals surface area contributed by atoms with E-state index in [4.69, 9.17) is 21.1 Å². The Labute approximate surface area is 189 Å². The summed E-state index contributed by atoms with van der Waals surface area (Å²) < 4.78 is 12.0. The highest BCUT2D eigenvalue weighted by atomic mass is 35.5. The van der Waals surface area contributed by atoms with E-state index in [-0.39, 0.29) is 17.2 Å². The van der Waals surface area contributed by atoms with Crippen molar-refractivity contribution in [2.24, 2.45) is 0 Å². The Morgan fingerprint density at radius 2 is 2.03 bits per heavy atom. The lowest BCUT2D eigenvalue weighted by Gasteiger charge is -2.17. The molecule has 3 rings (SSSR count). The second kappa shape index (κ2) is 10.7. The maximum absolute atomic E-state index is 13.4. The van der Waals surface area contributed by atoms with Crippen LogP contribution in [0.15, 0.2) is 46.3 Å². The molecule has 0 bridgehead atoms. The number of rotatable bonds is 9. The van der Waals surface area contributed by atoms with Crippen LogP contribution in [-0.4, -0.2) is 48.6 Å². The smallest absolute Gasteiger partial charge is 0.266 e. The summed E-state index contributed by atoms with van der Waals surface area (Å²) in [5.41, 5.74) is 1.64. The molecule has 0 aliphatic rings. The van der Waals surface area contributed by atoms with Gasteiger partial charge in [-0.2, -0.15) is 0 Å². The van der Waals surface area contributed by atoms with E-state index in [1.807, 2.05) is 13.0 Å². The molecule has 31 heavy (non-hydrogen) atoms. The zero-order valence-electron chi connectivity index (χ0n) is 17.6. The fourth-order valence-corrected chi connectivity index (χ4v) is 4.02. The first-order valence-corrected chi connectivity index (χ1v) is 11.1. The first-order valence-electron chi connectivity index (χ1n) is 9.71. The van der Waals surface area contributed by atoms with Gasteiger partial charge < -0.3 is 14.8 Å². The molecule has 0 fully saturated rings. The Hall–Kier alpha value is -2.55. The summed E-state index contributed by atoms with van der Waals surface area (Å²) in [5, 5.41) is 4.25. The van der Waals surface area contributed by atoms with E-state index in [1.165, 1.54) is 23.4 Å². The van der Waals surface area contributed by atoms with Crippen LogP contribution in [0.2, 0.25) is 5.02 Å². The number of halogens is 1. The van der Waals surface area contributed by atoms with Crippen LogP contribution in [0.5, 0.6) is 5.75 Å². The number of nitrogens with one attached hydrogen (secondary N) is 1. The number of para-hydroxylation sites is 1. The number of amides is 1. The van der Waals surface area contributed by atoms with Gasteiger partial charge in [0.2, 0.25) is 5.91 Å². The number of carbonyl (C=O) groups excluding carboxylic acids is 1. The minimum Gasteiger partial charge on any atom is -0.495 e. The second-order valence-electron chi connectivity index (χ2n) is 6.81. The van der Waals surface area contributed by atoms with E-state index < -0.39 is 0 Å². The van der Waals surface area contributed by atoms with Crippen molar-refractivity contribution < 1.29 is 14.3 Å². The largest absolute Gasteiger partial charge is 0.495 e. The maximum Gasteiger partial charge on any atom is 0.266 e. The average Bonchev–Trinajstić information content (AvgIpc) is 2.77.